The molecule has 1 aromatic heterocycles. The lowest BCUT2D eigenvalue weighted by Gasteiger charge is -2.10. The maximum Gasteiger partial charge on any atom is 0.220 e. The van der Waals surface area contributed by atoms with E-state index in [4.69, 9.17) is 4.74 Å². The monoisotopic (exact) mass is 265 g/mol. The third-order valence-corrected chi connectivity index (χ3v) is 3.51. The van der Waals surface area contributed by atoms with E-state index in [1.807, 2.05) is 17.8 Å². The zero-order valence-corrected chi connectivity index (χ0v) is 11.8. The van der Waals surface area contributed by atoms with E-state index in [1.165, 1.54) is 0 Å². The number of hydrogen-bond acceptors (Lipinski definition) is 3. The Morgan fingerprint density at radius 3 is 3.05 bits per heavy atom. The van der Waals surface area contributed by atoms with Crippen LogP contribution in [0.25, 0.3) is 0 Å². The fourth-order valence-corrected chi connectivity index (χ4v) is 2.35. The third-order valence-electron chi connectivity index (χ3n) is 3.51. The first-order chi connectivity index (χ1) is 9.17. The van der Waals surface area contributed by atoms with Crippen LogP contribution in [0.4, 0.5) is 0 Å². The van der Waals surface area contributed by atoms with Gasteiger partial charge in [0, 0.05) is 31.3 Å². The van der Waals surface area contributed by atoms with Crippen molar-refractivity contribution in [1.29, 1.82) is 0 Å². The summed E-state index contributed by atoms with van der Waals surface area (Å²) in [6.07, 6.45) is 7.94. The normalized spacial score (nSPS) is 22.6. The molecule has 1 aromatic rings. The number of nitrogens with zero attached hydrogens (tertiary/aromatic N) is 2. The van der Waals surface area contributed by atoms with Crippen molar-refractivity contribution in [1.82, 2.24) is 15.1 Å². The molecule has 0 spiro atoms. The molecule has 0 saturated carbocycles. The second kappa shape index (κ2) is 6.70. The SMILES string of the molecule is CCn1cc(CNC(=O)CC[C@@H]2CC[C@@H](C)O2)cn1. The Bertz CT molecular complexity index is 417. The van der Waals surface area contributed by atoms with Crippen LogP contribution in [0.2, 0.25) is 0 Å². The Hall–Kier alpha value is -1.36. The van der Waals surface area contributed by atoms with E-state index in [0.29, 0.717) is 19.1 Å². The molecule has 0 unspecified atom stereocenters. The first-order valence-electron chi connectivity index (χ1n) is 7.11. The van der Waals surface area contributed by atoms with Crippen molar-refractivity contribution in [3.05, 3.63) is 18.0 Å². The number of carbonyl (C=O) groups is 1. The van der Waals surface area contributed by atoms with Gasteiger partial charge in [0.15, 0.2) is 0 Å². The summed E-state index contributed by atoms with van der Waals surface area (Å²) in [5.74, 6) is 0.0902. The molecule has 0 aromatic carbocycles. The number of nitrogens with one attached hydrogen (secondary N) is 1. The van der Waals surface area contributed by atoms with Crippen LogP contribution in [0.15, 0.2) is 12.4 Å². The minimum absolute atomic E-state index is 0.0902. The Morgan fingerprint density at radius 2 is 2.42 bits per heavy atom. The molecule has 1 aliphatic rings. The topological polar surface area (TPSA) is 56.2 Å². The molecule has 1 saturated heterocycles. The van der Waals surface area contributed by atoms with Crippen LogP contribution in [0.5, 0.6) is 0 Å². The third kappa shape index (κ3) is 4.35. The molecule has 5 heteroatoms. The Labute approximate surface area is 114 Å². The van der Waals surface area contributed by atoms with Crippen LogP contribution in [-0.4, -0.2) is 27.9 Å². The number of amides is 1. The molecule has 2 rings (SSSR count). The van der Waals surface area contributed by atoms with Gasteiger partial charge in [-0.3, -0.25) is 9.48 Å². The van der Waals surface area contributed by atoms with E-state index in [9.17, 15) is 4.79 Å². The molecule has 2 heterocycles. The summed E-state index contributed by atoms with van der Waals surface area (Å²) in [4.78, 5) is 11.7. The molecule has 1 amide bonds. The fraction of sp³-hybridized carbons (Fsp3) is 0.714. The standard InChI is InChI=1S/C14H23N3O2/c1-3-17-10-12(9-16-17)8-15-14(18)7-6-13-5-4-11(2)19-13/h9-11,13H,3-8H2,1-2H3,(H,15,18)/t11-,13+/m1/s1. The summed E-state index contributed by atoms with van der Waals surface area (Å²) in [5, 5.41) is 7.10. The summed E-state index contributed by atoms with van der Waals surface area (Å²) in [5.41, 5.74) is 1.04. The van der Waals surface area contributed by atoms with E-state index in [2.05, 4.69) is 17.3 Å². The molecular weight excluding hydrogens is 242 g/mol. The molecule has 1 N–H and O–H groups in total. The highest BCUT2D eigenvalue weighted by atomic mass is 16.5. The number of carbonyl (C=O) groups excluding carboxylic acids is 1. The number of aryl methyl sites for hydroxylation is 1. The van der Waals surface area contributed by atoms with Gasteiger partial charge in [0.05, 0.1) is 18.4 Å². The van der Waals surface area contributed by atoms with Gasteiger partial charge in [0.1, 0.15) is 0 Å². The van der Waals surface area contributed by atoms with Crippen molar-refractivity contribution in [3.63, 3.8) is 0 Å². The number of aromatic nitrogens is 2. The molecule has 2 atom stereocenters. The van der Waals surface area contributed by atoms with Crippen molar-refractivity contribution >= 4 is 5.91 Å². The predicted octanol–water partition coefficient (Wildman–Crippen LogP) is 1.87. The largest absolute Gasteiger partial charge is 0.375 e. The van der Waals surface area contributed by atoms with Crippen molar-refractivity contribution in [2.75, 3.05) is 0 Å². The zero-order valence-electron chi connectivity index (χ0n) is 11.8. The van der Waals surface area contributed by atoms with Crippen LogP contribution < -0.4 is 5.32 Å². The van der Waals surface area contributed by atoms with E-state index in [0.717, 1.165) is 31.4 Å². The number of hydrogen-bond donors (Lipinski definition) is 1. The average molecular weight is 265 g/mol. The van der Waals surface area contributed by atoms with E-state index in [1.54, 1.807) is 6.20 Å². The molecular formula is C14H23N3O2. The Morgan fingerprint density at radius 1 is 1.58 bits per heavy atom. The fourth-order valence-electron chi connectivity index (χ4n) is 2.35. The molecule has 106 valence electrons. The van der Waals surface area contributed by atoms with Gasteiger partial charge < -0.3 is 10.1 Å². The first-order valence-corrected chi connectivity index (χ1v) is 7.11. The van der Waals surface area contributed by atoms with Crippen LogP contribution >= 0.6 is 0 Å². The Kier molecular flexibility index (Phi) is 4.96. The molecule has 1 aliphatic heterocycles. The van der Waals surface area contributed by atoms with Gasteiger partial charge in [-0.15, -0.1) is 0 Å². The summed E-state index contributed by atoms with van der Waals surface area (Å²) in [7, 11) is 0. The minimum atomic E-state index is 0.0902. The van der Waals surface area contributed by atoms with Crippen LogP contribution in [0, 0.1) is 0 Å². The lowest BCUT2D eigenvalue weighted by Crippen LogP contribution is -2.23. The average Bonchev–Trinajstić information content (AvgIpc) is 3.02. The first kappa shape index (κ1) is 14.1. The van der Waals surface area contributed by atoms with Crippen molar-refractivity contribution in [2.24, 2.45) is 0 Å². The van der Waals surface area contributed by atoms with Crippen LogP contribution in [0.1, 0.15) is 45.1 Å². The Balaban J connectivity index is 1.64. The molecule has 19 heavy (non-hydrogen) atoms. The predicted molar refractivity (Wildman–Crippen MR) is 72.6 cm³/mol. The van der Waals surface area contributed by atoms with Crippen molar-refractivity contribution in [2.45, 2.75) is 64.8 Å². The zero-order chi connectivity index (χ0) is 13.7. The molecule has 0 radical (unpaired) electrons. The van der Waals surface area contributed by atoms with Crippen molar-refractivity contribution in [3.8, 4) is 0 Å². The highest BCUT2D eigenvalue weighted by Gasteiger charge is 2.22. The van der Waals surface area contributed by atoms with Gasteiger partial charge in [0.2, 0.25) is 5.91 Å². The molecule has 5 nitrogen and oxygen atoms in total. The van der Waals surface area contributed by atoms with Gasteiger partial charge in [-0.1, -0.05) is 0 Å². The van der Waals surface area contributed by atoms with E-state index < -0.39 is 0 Å². The van der Waals surface area contributed by atoms with E-state index >= 15 is 0 Å². The molecule has 0 bridgehead atoms. The highest BCUT2D eigenvalue weighted by Crippen LogP contribution is 2.22. The van der Waals surface area contributed by atoms with Crippen molar-refractivity contribution < 1.29 is 9.53 Å². The van der Waals surface area contributed by atoms with Crippen LogP contribution in [0.3, 0.4) is 0 Å². The summed E-state index contributed by atoms with van der Waals surface area (Å²) < 4.78 is 7.56. The highest BCUT2D eigenvalue weighted by molar-refractivity contribution is 5.75. The summed E-state index contributed by atoms with van der Waals surface area (Å²) >= 11 is 0. The quantitative estimate of drug-likeness (QED) is 0.854. The molecule has 1 fully saturated rings. The van der Waals surface area contributed by atoms with Gasteiger partial charge in [-0.25, -0.2) is 0 Å². The van der Waals surface area contributed by atoms with Gasteiger partial charge in [-0.05, 0) is 33.1 Å². The number of ether oxygens (including phenoxy) is 1. The lowest BCUT2D eigenvalue weighted by molar-refractivity contribution is -0.122. The lowest BCUT2D eigenvalue weighted by atomic mass is 10.1. The maximum atomic E-state index is 11.7. The second-order valence-electron chi connectivity index (χ2n) is 5.17. The minimum Gasteiger partial charge on any atom is -0.375 e. The van der Waals surface area contributed by atoms with E-state index in [-0.39, 0.29) is 12.0 Å². The van der Waals surface area contributed by atoms with Gasteiger partial charge in [0.25, 0.3) is 0 Å². The molecule has 0 aliphatic carbocycles. The number of rotatable bonds is 6. The summed E-state index contributed by atoms with van der Waals surface area (Å²) in [6, 6.07) is 0. The van der Waals surface area contributed by atoms with Crippen LogP contribution in [-0.2, 0) is 22.6 Å². The van der Waals surface area contributed by atoms with Gasteiger partial charge in [-0.2, -0.15) is 5.10 Å². The van der Waals surface area contributed by atoms with Gasteiger partial charge >= 0.3 is 0 Å². The maximum absolute atomic E-state index is 11.7. The summed E-state index contributed by atoms with van der Waals surface area (Å²) in [6.45, 7) is 5.54. The smallest absolute Gasteiger partial charge is 0.220 e. The second-order valence-corrected chi connectivity index (χ2v) is 5.17.